The Hall–Kier alpha value is -2.29. The number of benzene rings is 1. The molecular formula is C15H21N3O5+2. The standard InChI is InChI=1S/C15H19N3O5/c1-9-14(10(2)19)18(22)13-8-11(4-5-12(13)17(9)21)15(20)16-6-7-23-3/h4-5,8-9,21H,6-7H2,1-3H3,(H-,16,19,20,22)/p+2. The molecule has 0 aromatic heterocycles. The maximum absolute atomic E-state index is 12.1. The smallest absolute Gasteiger partial charge is 0.337 e. The zero-order valence-corrected chi connectivity index (χ0v) is 13.3. The maximum Gasteiger partial charge on any atom is 0.337 e. The molecule has 1 amide bonds. The topological polar surface area (TPSA) is 103 Å². The Bertz CT molecular complexity index is 671. The molecule has 0 aliphatic carbocycles. The van der Waals surface area contributed by atoms with Crippen LogP contribution in [-0.4, -0.2) is 58.9 Å². The largest absolute Gasteiger partial charge is 0.383 e. The van der Waals surface area contributed by atoms with Crippen molar-refractivity contribution in [3.8, 4) is 0 Å². The predicted molar refractivity (Wildman–Crippen MR) is 79.9 cm³/mol. The van der Waals surface area contributed by atoms with Crippen LogP contribution in [0.3, 0.4) is 0 Å². The molecule has 1 aliphatic heterocycles. The second kappa shape index (κ2) is 6.86. The number of methoxy groups -OCH3 is 1. The van der Waals surface area contributed by atoms with Crippen LogP contribution in [-0.2, 0) is 9.53 Å². The van der Waals surface area contributed by atoms with Crippen molar-refractivity contribution in [2.75, 3.05) is 20.3 Å². The van der Waals surface area contributed by atoms with Gasteiger partial charge in [0.2, 0.25) is 17.5 Å². The number of ether oxygens (including phenoxy) is 1. The molecule has 0 spiro atoms. The van der Waals surface area contributed by atoms with Gasteiger partial charge < -0.3 is 10.1 Å². The van der Waals surface area contributed by atoms with E-state index in [1.807, 2.05) is 0 Å². The molecule has 1 aromatic carbocycles. The van der Waals surface area contributed by atoms with E-state index >= 15 is 0 Å². The van der Waals surface area contributed by atoms with Crippen molar-refractivity contribution in [2.24, 2.45) is 0 Å². The van der Waals surface area contributed by atoms with Crippen LogP contribution < -0.4 is 10.4 Å². The molecule has 23 heavy (non-hydrogen) atoms. The first-order chi connectivity index (χ1) is 10.9. The number of hydrogen-bond donors (Lipinski definition) is 4. The first-order valence-electron chi connectivity index (χ1n) is 7.22. The maximum atomic E-state index is 12.1. The second-order valence-electron chi connectivity index (χ2n) is 5.34. The van der Waals surface area contributed by atoms with Gasteiger partial charge in [-0.05, 0) is 6.07 Å². The first-order valence-corrected chi connectivity index (χ1v) is 7.22. The molecule has 1 aliphatic rings. The lowest BCUT2D eigenvalue weighted by Crippen LogP contribution is -3.11. The Balaban J connectivity index is 2.40. The molecule has 0 saturated heterocycles. The molecule has 0 fully saturated rings. The normalized spacial score (nSPS) is 20.2. The van der Waals surface area contributed by atoms with E-state index < -0.39 is 6.04 Å². The van der Waals surface area contributed by atoms with Crippen LogP contribution in [0.4, 0.5) is 11.4 Å². The summed E-state index contributed by atoms with van der Waals surface area (Å²) in [5.41, 5.74) is 0.958. The van der Waals surface area contributed by atoms with Crippen LogP contribution in [0.15, 0.2) is 18.2 Å². The van der Waals surface area contributed by atoms with Gasteiger partial charge in [0.1, 0.15) is 0 Å². The van der Waals surface area contributed by atoms with Gasteiger partial charge in [0.05, 0.1) is 6.61 Å². The molecule has 4 N–H and O–H groups in total. The van der Waals surface area contributed by atoms with Crippen molar-refractivity contribution in [3.05, 3.63) is 23.8 Å². The molecule has 8 heteroatoms. The number of quaternary nitrogens is 1. The van der Waals surface area contributed by atoms with Gasteiger partial charge in [-0.1, -0.05) is 0 Å². The van der Waals surface area contributed by atoms with E-state index in [1.165, 1.54) is 20.1 Å². The Morgan fingerprint density at radius 3 is 2.74 bits per heavy atom. The van der Waals surface area contributed by atoms with Crippen molar-refractivity contribution in [1.29, 1.82) is 0 Å². The van der Waals surface area contributed by atoms with Crippen molar-refractivity contribution in [2.45, 2.75) is 19.9 Å². The van der Waals surface area contributed by atoms with Gasteiger partial charge in [-0.3, -0.25) is 14.8 Å². The quantitative estimate of drug-likeness (QED) is 0.330. The number of hydrogen-bond acceptors (Lipinski definition) is 5. The van der Waals surface area contributed by atoms with Gasteiger partial charge in [-0.2, -0.15) is 0 Å². The SMILES string of the molecule is COCCNC(=O)c1ccc2c(c1)[N+](O)=C(C(C)=O)C(C)[NH+]2O. The third-order valence-corrected chi connectivity index (χ3v) is 3.77. The van der Waals surface area contributed by atoms with E-state index in [4.69, 9.17) is 4.74 Å². The number of ketones is 1. The number of amides is 1. The molecule has 1 aromatic rings. The summed E-state index contributed by atoms with van der Waals surface area (Å²) in [5.74, 6) is -0.687. The third-order valence-electron chi connectivity index (χ3n) is 3.77. The molecule has 0 saturated carbocycles. The Morgan fingerprint density at radius 2 is 2.13 bits per heavy atom. The molecule has 0 bridgehead atoms. The highest BCUT2D eigenvalue weighted by Gasteiger charge is 2.45. The lowest BCUT2D eigenvalue weighted by Gasteiger charge is -2.20. The van der Waals surface area contributed by atoms with Gasteiger partial charge in [0, 0.05) is 49.9 Å². The molecule has 2 atom stereocenters. The number of carbonyl (C=O) groups is 2. The van der Waals surface area contributed by atoms with Gasteiger partial charge in [0.25, 0.3) is 5.91 Å². The van der Waals surface area contributed by atoms with Crippen LogP contribution in [0.2, 0.25) is 0 Å². The lowest BCUT2D eigenvalue weighted by atomic mass is 10.0. The molecule has 8 nitrogen and oxygen atoms in total. The number of carbonyl (C=O) groups excluding carboxylic acids is 2. The van der Waals surface area contributed by atoms with Gasteiger partial charge in [-0.25, -0.2) is 5.21 Å². The summed E-state index contributed by atoms with van der Waals surface area (Å²) in [4.78, 5) is 23.8. The zero-order chi connectivity index (χ0) is 17.1. The summed E-state index contributed by atoms with van der Waals surface area (Å²) in [6.07, 6.45) is 0. The number of rotatable bonds is 5. The van der Waals surface area contributed by atoms with Gasteiger partial charge in [0.15, 0.2) is 0 Å². The molecule has 2 rings (SSSR count). The van der Waals surface area contributed by atoms with E-state index in [0.29, 0.717) is 24.4 Å². The van der Waals surface area contributed by atoms with Crippen molar-refractivity contribution < 1.29 is 34.5 Å². The number of nitrogens with zero attached hydrogens (tertiary/aromatic N) is 1. The summed E-state index contributed by atoms with van der Waals surface area (Å²) < 4.78 is 5.61. The Labute approximate surface area is 133 Å². The number of hydroxylamine groups is 1. The number of fused-ring (bicyclic) bond motifs is 1. The number of nitrogens with one attached hydrogen (secondary N) is 2. The van der Waals surface area contributed by atoms with E-state index in [2.05, 4.69) is 5.32 Å². The summed E-state index contributed by atoms with van der Waals surface area (Å²) in [5, 5.41) is 23.2. The monoisotopic (exact) mass is 323 g/mol. The van der Waals surface area contributed by atoms with Crippen LogP contribution in [0, 0.1) is 0 Å². The Kier molecular flexibility index (Phi) is 5.09. The molecule has 0 radical (unpaired) electrons. The van der Waals surface area contributed by atoms with Crippen molar-refractivity contribution in [1.82, 2.24) is 5.32 Å². The van der Waals surface area contributed by atoms with Crippen LogP contribution >= 0.6 is 0 Å². The van der Waals surface area contributed by atoms with Crippen LogP contribution in [0.25, 0.3) is 0 Å². The van der Waals surface area contributed by atoms with E-state index in [9.17, 15) is 20.0 Å². The summed E-state index contributed by atoms with van der Waals surface area (Å²) in [6.45, 7) is 3.68. The van der Waals surface area contributed by atoms with Gasteiger partial charge >= 0.3 is 11.4 Å². The van der Waals surface area contributed by atoms with E-state index in [1.54, 1.807) is 19.1 Å². The molecule has 1 heterocycles. The minimum atomic E-state index is -0.619. The van der Waals surface area contributed by atoms with Crippen LogP contribution in [0.1, 0.15) is 24.2 Å². The average Bonchev–Trinajstić information content (AvgIpc) is 2.52. The fourth-order valence-electron chi connectivity index (χ4n) is 2.56. The summed E-state index contributed by atoms with van der Waals surface area (Å²) in [6, 6.07) is 3.91. The second-order valence-corrected chi connectivity index (χ2v) is 5.34. The highest BCUT2D eigenvalue weighted by molar-refractivity contribution is 6.38. The summed E-state index contributed by atoms with van der Waals surface area (Å²) in [7, 11) is 1.54. The molecule has 124 valence electrons. The fraction of sp³-hybridized carbons (Fsp3) is 0.400. The van der Waals surface area contributed by atoms with Crippen molar-refractivity contribution >= 4 is 28.8 Å². The highest BCUT2D eigenvalue weighted by Crippen LogP contribution is 2.25. The van der Waals surface area contributed by atoms with E-state index in [-0.39, 0.29) is 28.2 Å². The van der Waals surface area contributed by atoms with Gasteiger partial charge in [-0.15, -0.1) is 5.06 Å². The average molecular weight is 323 g/mol. The zero-order valence-electron chi connectivity index (χ0n) is 13.3. The predicted octanol–water partition coefficient (Wildman–Crippen LogP) is -0.566. The summed E-state index contributed by atoms with van der Waals surface area (Å²) >= 11 is 0. The third kappa shape index (κ3) is 3.24. The minimum absolute atomic E-state index is 0.0122. The Morgan fingerprint density at radius 1 is 1.43 bits per heavy atom. The van der Waals surface area contributed by atoms with Crippen LogP contribution in [0.5, 0.6) is 0 Å². The van der Waals surface area contributed by atoms with E-state index in [0.717, 1.165) is 4.74 Å². The first kappa shape index (κ1) is 17.1. The fourth-order valence-corrected chi connectivity index (χ4v) is 2.56. The molecular weight excluding hydrogens is 302 g/mol. The highest BCUT2D eigenvalue weighted by atomic mass is 16.5. The minimum Gasteiger partial charge on any atom is -0.383 e. The van der Waals surface area contributed by atoms with Crippen molar-refractivity contribution in [3.63, 3.8) is 0 Å². The lowest BCUT2D eigenvalue weighted by molar-refractivity contribution is -1.05. The number of Topliss-reactive ketones (excluding diaryl/α,β-unsaturated/α-hetero) is 1. The molecule has 2 unspecified atom stereocenters.